The lowest BCUT2D eigenvalue weighted by molar-refractivity contribution is -0.116. The van der Waals surface area contributed by atoms with Crippen LogP contribution >= 0.6 is 0 Å². The number of carbonyl (C=O) groups is 1. The van der Waals surface area contributed by atoms with Crippen LogP contribution in [-0.4, -0.2) is 25.1 Å². The molecule has 2 atom stereocenters. The van der Waals surface area contributed by atoms with E-state index < -0.39 is 0 Å². The fourth-order valence-electron chi connectivity index (χ4n) is 2.45. The van der Waals surface area contributed by atoms with Gasteiger partial charge in [0.15, 0.2) is 0 Å². The topological polar surface area (TPSA) is 50.4 Å². The highest BCUT2D eigenvalue weighted by Gasteiger charge is 2.15. The monoisotopic (exact) mass is 290 g/mol. The number of hydrogen-bond acceptors (Lipinski definition) is 3. The third kappa shape index (κ3) is 5.38. The highest BCUT2D eigenvalue weighted by atomic mass is 16.5. The first kappa shape index (κ1) is 15.8. The van der Waals surface area contributed by atoms with Crippen LogP contribution in [0.15, 0.2) is 24.3 Å². The summed E-state index contributed by atoms with van der Waals surface area (Å²) in [7, 11) is 0. The molecule has 1 amide bonds. The van der Waals surface area contributed by atoms with Crippen molar-refractivity contribution in [1.29, 1.82) is 0 Å². The molecule has 1 aliphatic rings. The summed E-state index contributed by atoms with van der Waals surface area (Å²) in [5.74, 6) is 1.60. The number of ether oxygens (including phenoxy) is 1. The van der Waals surface area contributed by atoms with Gasteiger partial charge in [0.25, 0.3) is 0 Å². The smallest absolute Gasteiger partial charge is 0.224 e. The van der Waals surface area contributed by atoms with Crippen molar-refractivity contribution >= 4 is 11.6 Å². The first-order valence-corrected chi connectivity index (χ1v) is 7.94. The molecule has 2 unspecified atom stereocenters. The molecule has 116 valence electrons. The maximum atomic E-state index is 11.9. The Morgan fingerprint density at radius 2 is 2.19 bits per heavy atom. The van der Waals surface area contributed by atoms with Gasteiger partial charge in [-0.05, 0) is 69.5 Å². The summed E-state index contributed by atoms with van der Waals surface area (Å²) >= 11 is 0. The van der Waals surface area contributed by atoms with E-state index in [-0.39, 0.29) is 12.0 Å². The quantitative estimate of drug-likeness (QED) is 0.811. The second kappa shape index (κ2) is 8.03. The van der Waals surface area contributed by atoms with Crippen LogP contribution in [0.4, 0.5) is 5.69 Å². The Kier molecular flexibility index (Phi) is 6.05. The van der Waals surface area contributed by atoms with E-state index in [1.807, 2.05) is 31.2 Å². The standard InChI is InChI=1S/C17H26N2O2/c1-3-13(2)21-16-7-5-15(6-8-16)19-17(20)9-4-14-10-11-18-12-14/h5-8,13-14,18H,3-4,9-12H2,1-2H3,(H,19,20). The van der Waals surface area contributed by atoms with E-state index in [0.29, 0.717) is 12.3 Å². The zero-order valence-electron chi connectivity index (χ0n) is 13.0. The molecule has 0 aromatic heterocycles. The van der Waals surface area contributed by atoms with Crippen molar-refractivity contribution < 1.29 is 9.53 Å². The zero-order chi connectivity index (χ0) is 15.1. The lowest BCUT2D eigenvalue weighted by Crippen LogP contribution is -2.15. The average Bonchev–Trinajstić information content (AvgIpc) is 3.00. The van der Waals surface area contributed by atoms with E-state index in [0.717, 1.165) is 37.4 Å². The second-order valence-corrected chi connectivity index (χ2v) is 5.81. The molecule has 0 saturated carbocycles. The summed E-state index contributed by atoms with van der Waals surface area (Å²) in [4.78, 5) is 11.9. The number of hydrogen-bond donors (Lipinski definition) is 2. The van der Waals surface area contributed by atoms with E-state index in [1.54, 1.807) is 0 Å². The van der Waals surface area contributed by atoms with Gasteiger partial charge in [-0.25, -0.2) is 0 Å². The minimum Gasteiger partial charge on any atom is -0.491 e. The van der Waals surface area contributed by atoms with E-state index >= 15 is 0 Å². The van der Waals surface area contributed by atoms with Gasteiger partial charge in [0, 0.05) is 12.1 Å². The van der Waals surface area contributed by atoms with Gasteiger partial charge in [0.2, 0.25) is 5.91 Å². The van der Waals surface area contributed by atoms with Gasteiger partial charge in [-0.15, -0.1) is 0 Å². The van der Waals surface area contributed by atoms with Gasteiger partial charge in [0.05, 0.1) is 6.10 Å². The summed E-state index contributed by atoms with van der Waals surface area (Å²) in [6.07, 6.45) is 3.94. The van der Waals surface area contributed by atoms with Crippen molar-refractivity contribution in [2.75, 3.05) is 18.4 Å². The lowest BCUT2D eigenvalue weighted by atomic mass is 10.0. The average molecular weight is 290 g/mol. The van der Waals surface area contributed by atoms with E-state index in [9.17, 15) is 4.79 Å². The van der Waals surface area contributed by atoms with Crippen molar-refractivity contribution in [3.8, 4) is 5.75 Å². The van der Waals surface area contributed by atoms with Gasteiger partial charge in [-0.2, -0.15) is 0 Å². The molecule has 0 radical (unpaired) electrons. The summed E-state index contributed by atoms with van der Waals surface area (Å²) in [5, 5.41) is 6.27. The largest absolute Gasteiger partial charge is 0.491 e. The zero-order valence-corrected chi connectivity index (χ0v) is 13.0. The number of benzene rings is 1. The number of nitrogens with one attached hydrogen (secondary N) is 2. The number of carbonyl (C=O) groups excluding carboxylic acids is 1. The predicted molar refractivity (Wildman–Crippen MR) is 85.7 cm³/mol. The van der Waals surface area contributed by atoms with Crippen LogP contribution in [0.25, 0.3) is 0 Å². The lowest BCUT2D eigenvalue weighted by Gasteiger charge is -2.13. The fourth-order valence-corrected chi connectivity index (χ4v) is 2.45. The summed E-state index contributed by atoms with van der Waals surface area (Å²) in [6, 6.07) is 7.60. The molecule has 1 saturated heterocycles. The van der Waals surface area contributed by atoms with Gasteiger partial charge in [-0.1, -0.05) is 6.92 Å². The molecule has 0 bridgehead atoms. The Hall–Kier alpha value is -1.55. The summed E-state index contributed by atoms with van der Waals surface area (Å²) < 4.78 is 5.72. The highest BCUT2D eigenvalue weighted by Crippen LogP contribution is 2.19. The molecule has 0 spiro atoms. The molecule has 4 heteroatoms. The molecule has 1 fully saturated rings. The van der Waals surface area contributed by atoms with Gasteiger partial charge >= 0.3 is 0 Å². The van der Waals surface area contributed by atoms with Crippen LogP contribution in [0.1, 0.15) is 39.5 Å². The van der Waals surface area contributed by atoms with Crippen LogP contribution in [0.5, 0.6) is 5.75 Å². The van der Waals surface area contributed by atoms with Crippen molar-refractivity contribution in [3.63, 3.8) is 0 Å². The van der Waals surface area contributed by atoms with Crippen LogP contribution in [0.2, 0.25) is 0 Å². The highest BCUT2D eigenvalue weighted by molar-refractivity contribution is 5.90. The third-order valence-corrected chi connectivity index (χ3v) is 3.99. The van der Waals surface area contributed by atoms with Crippen molar-refractivity contribution in [2.24, 2.45) is 5.92 Å². The predicted octanol–water partition coefficient (Wildman–Crippen LogP) is 3.19. The second-order valence-electron chi connectivity index (χ2n) is 5.81. The molecule has 4 nitrogen and oxygen atoms in total. The van der Waals surface area contributed by atoms with Crippen molar-refractivity contribution in [2.45, 2.75) is 45.6 Å². The molecule has 2 N–H and O–H groups in total. The molecule has 0 aliphatic carbocycles. The first-order valence-electron chi connectivity index (χ1n) is 7.94. The van der Waals surface area contributed by atoms with Crippen molar-refractivity contribution in [3.05, 3.63) is 24.3 Å². The Labute approximate surface area is 127 Å². The molecule has 2 rings (SSSR count). The maximum Gasteiger partial charge on any atom is 0.224 e. The van der Waals surface area contributed by atoms with Crippen LogP contribution in [0.3, 0.4) is 0 Å². The first-order chi connectivity index (χ1) is 10.2. The van der Waals surface area contributed by atoms with Gasteiger partial charge in [0.1, 0.15) is 5.75 Å². The number of anilines is 1. The third-order valence-electron chi connectivity index (χ3n) is 3.99. The van der Waals surface area contributed by atoms with Gasteiger partial charge in [-0.3, -0.25) is 4.79 Å². The van der Waals surface area contributed by atoms with E-state index in [1.165, 1.54) is 6.42 Å². The number of rotatable bonds is 7. The molecular weight excluding hydrogens is 264 g/mol. The van der Waals surface area contributed by atoms with E-state index in [4.69, 9.17) is 4.74 Å². The SMILES string of the molecule is CCC(C)Oc1ccc(NC(=O)CCC2CCNC2)cc1. The molecule has 1 aromatic carbocycles. The Bertz CT molecular complexity index is 439. The Balaban J connectivity index is 1.75. The van der Waals surface area contributed by atoms with Gasteiger partial charge < -0.3 is 15.4 Å². The van der Waals surface area contributed by atoms with Crippen LogP contribution in [-0.2, 0) is 4.79 Å². The number of amides is 1. The van der Waals surface area contributed by atoms with Crippen LogP contribution < -0.4 is 15.4 Å². The minimum absolute atomic E-state index is 0.0949. The molecule has 1 heterocycles. The molecule has 1 aromatic rings. The Morgan fingerprint density at radius 1 is 1.43 bits per heavy atom. The molecule has 21 heavy (non-hydrogen) atoms. The van der Waals surface area contributed by atoms with E-state index in [2.05, 4.69) is 17.6 Å². The Morgan fingerprint density at radius 3 is 2.81 bits per heavy atom. The summed E-state index contributed by atoms with van der Waals surface area (Å²) in [5.41, 5.74) is 0.834. The van der Waals surface area contributed by atoms with Crippen molar-refractivity contribution in [1.82, 2.24) is 5.32 Å². The fraction of sp³-hybridized carbons (Fsp3) is 0.588. The van der Waals surface area contributed by atoms with Crippen LogP contribution in [0, 0.1) is 5.92 Å². The minimum atomic E-state index is 0.0949. The normalized spacial score (nSPS) is 19.2. The molecular formula is C17H26N2O2. The molecule has 1 aliphatic heterocycles. The summed E-state index contributed by atoms with van der Waals surface area (Å²) in [6.45, 7) is 6.28. The maximum absolute atomic E-state index is 11.9.